The zero-order valence-electron chi connectivity index (χ0n) is 29.5. The predicted octanol–water partition coefficient (Wildman–Crippen LogP) is 11.7. The minimum Gasteiger partial charge on any atom is -0.378 e. The van der Waals surface area contributed by atoms with Crippen LogP contribution >= 0.6 is 24.8 Å². The highest BCUT2D eigenvalue weighted by atomic mass is 32.1. The van der Waals surface area contributed by atoms with Crippen LogP contribution in [0.5, 0.6) is 0 Å². The van der Waals surface area contributed by atoms with Crippen molar-refractivity contribution in [2.24, 2.45) is 5.92 Å². The Labute approximate surface area is 278 Å². The molecule has 0 saturated carbocycles. The molecule has 1 aliphatic heterocycles. The molecular formula is C39H65NOS2. The second-order valence-corrected chi connectivity index (χ2v) is 12.6. The zero-order valence-corrected chi connectivity index (χ0v) is 31.2. The molecule has 1 aromatic rings. The van der Waals surface area contributed by atoms with E-state index in [0.29, 0.717) is 17.9 Å². The summed E-state index contributed by atoms with van der Waals surface area (Å²) in [5.41, 5.74) is 11.1. The van der Waals surface area contributed by atoms with Crippen LogP contribution in [-0.2, 0) is 17.6 Å². The minimum atomic E-state index is 0.146. The number of benzene rings is 1. The van der Waals surface area contributed by atoms with Gasteiger partial charge in [0.15, 0.2) is 5.78 Å². The topological polar surface area (TPSA) is 29.1 Å². The third-order valence-electron chi connectivity index (χ3n) is 7.66. The molecule has 244 valence electrons. The van der Waals surface area contributed by atoms with Crippen LogP contribution in [0, 0.1) is 12.8 Å². The average molecular weight is 628 g/mol. The van der Waals surface area contributed by atoms with Gasteiger partial charge in [0.05, 0.1) is 5.70 Å². The van der Waals surface area contributed by atoms with Crippen LogP contribution in [0.2, 0.25) is 0 Å². The number of nitrogens with one attached hydrogen (secondary N) is 1. The fourth-order valence-electron chi connectivity index (χ4n) is 5.74. The van der Waals surface area contributed by atoms with Crippen LogP contribution in [0.15, 0.2) is 60.4 Å². The van der Waals surface area contributed by atoms with Crippen LogP contribution in [0.1, 0.15) is 135 Å². The maximum absolute atomic E-state index is 11.3. The van der Waals surface area contributed by atoms with E-state index in [1.165, 1.54) is 68.1 Å². The van der Waals surface area contributed by atoms with Crippen molar-refractivity contribution in [2.75, 3.05) is 5.75 Å². The smallest absolute Gasteiger partial charge is 0.175 e. The van der Waals surface area contributed by atoms with Gasteiger partial charge in [0.2, 0.25) is 0 Å². The van der Waals surface area contributed by atoms with Gasteiger partial charge < -0.3 is 5.32 Å². The van der Waals surface area contributed by atoms with Crippen molar-refractivity contribution in [3.63, 3.8) is 0 Å². The predicted molar refractivity (Wildman–Crippen MR) is 203 cm³/mol. The lowest BCUT2D eigenvalue weighted by atomic mass is 9.80. The number of ketones is 1. The third kappa shape index (κ3) is 16.7. The molecule has 0 saturated heterocycles. The first-order valence-corrected chi connectivity index (χ1v) is 17.4. The number of carbonyl (C=O) groups excluding carboxylic acids is 1. The first kappa shape index (κ1) is 43.2. The molecule has 3 rings (SSSR count). The number of thiol groups is 1. The van der Waals surface area contributed by atoms with E-state index in [4.69, 9.17) is 0 Å². The number of unbranched alkanes of at least 4 members (excludes halogenated alkanes) is 2. The van der Waals surface area contributed by atoms with Crippen molar-refractivity contribution in [3.8, 4) is 0 Å². The quantitative estimate of drug-likeness (QED) is 0.123. The third-order valence-corrected chi connectivity index (χ3v) is 8.05. The Balaban J connectivity index is 0. The molecule has 0 amide bonds. The summed E-state index contributed by atoms with van der Waals surface area (Å²) in [5, 5.41) is 4.83. The van der Waals surface area contributed by atoms with Gasteiger partial charge in [-0.3, -0.25) is 4.79 Å². The molecule has 2 aliphatic rings. The second kappa shape index (κ2) is 25.4. The van der Waals surface area contributed by atoms with Gasteiger partial charge in [0.1, 0.15) is 0 Å². The van der Waals surface area contributed by atoms with E-state index in [0.717, 1.165) is 17.9 Å². The van der Waals surface area contributed by atoms with E-state index in [-0.39, 0.29) is 5.78 Å². The van der Waals surface area contributed by atoms with Crippen LogP contribution in [0.4, 0.5) is 0 Å². The number of rotatable bonds is 9. The van der Waals surface area contributed by atoms with Gasteiger partial charge >= 0.3 is 0 Å². The SMILES string of the molecule is C=C.C=C(C)C.CC=S.CCC1=C(C(C)=O)NC(CS)C1C.CCCCCc1cc(C)c(C2C=C(C)CCC2)c(CC)c1. The molecule has 1 N–H and O–H groups in total. The number of aryl methyl sites for hydroxylation is 3. The van der Waals surface area contributed by atoms with Crippen LogP contribution < -0.4 is 5.32 Å². The monoisotopic (exact) mass is 627 g/mol. The minimum absolute atomic E-state index is 0.146. The van der Waals surface area contributed by atoms with Crippen LogP contribution in [0.25, 0.3) is 0 Å². The molecule has 0 bridgehead atoms. The highest BCUT2D eigenvalue weighted by molar-refractivity contribution is 7.80. The molecule has 3 atom stereocenters. The van der Waals surface area contributed by atoms with E-state index in [9.17, 15) is 4.79 Å². The van der Waals surface area contributed by atoms with Crippen molar-refractivity contribution in [2.45, 2.75) is 139 Å². The maximum atomic E-state index is 11.3. The lowest BCUT2D eigenvalue weighted by molar-refractivity contribution is -0.114. The summed E-state index contributed by atoms with van der Waals surface area (Å²) < 4.78 is 0. The first-order valence-electron chi connectivity index (χ1n) is 16.3. The molecule has 4 heteroatoms. The van der Waals surface area contributed by atoms with Gasteiger partial charge in [0.25, 0.3) is 0 Å². The number of Topliss-reactive ketones (excluding diaryl/α,β-unsaturated/α-hetero) is 1. The van der Waals surface area contributed by atoms with Crippen molar-refractivity contribution in [1.82, 2.24) is 5.32 Å². The van der Waals surface area contributed by atoms with Crippen molar-refractivity contribution in [3.05, 3.63) is 82.6 Å². The van der Waals surface area contributed by atoms with Gasteiger partial charge in [-0.05, 0) is 113 Å². The maximum Gasteiger partial charge on any atom is 0.175 e. The van der Waals surface area contributed by atoms with Gasteiger partial charge in [-0.2, -0.15) is 12.6 Å². The van der Waals surface area contributed by atoms with Crippen LogP contribution in [-0.4, -0.2) is 22.9 Å². The van der Waals surface area contributed by atoms with Gasteiger partial charge in [-0.15, -0.1) is 19.7 Å². The van der Waals surface area contributed by atoms with E-state index >= 15 is 0 Å². The Kier molecular flexibility index (Phi) is 25.5. The van der Waals surface area contributed by atoms with E-state index in [2.05, 4.69) is 110 Å². The van der Waals surface area contributed by atoms with Crippen LogP contribution in [0.3, 0.4) is 0 Å². The van der Waals surface area contributed by atoms with Gasteiger partial charge in [-0.1, -0.05) is 82.1 Å². The van der Waals surface area contributed by atoms with Crippen molar-refractivity contribution < 1.29 is 4.79 Å². The normalized spacial score (nSPS) is 18.5. The number of hydrogen-bond acceptors (Lipinski definition) is 4. The Hall–Kier alpha value is -1.91. The molecule has 1 heterocycles. The summed E-state index contributed by atoms with van der Waals surface area (Å²) in [6, 6.07) is 5.29. The van der Waals surface area contributed by atoms with E-state index in [1.807, 2.05) is 20.8 Å². The summed E-state index contributed by atoms with van der Waals surface area (Å²) in [6.45, 7) is 30.4. The van der Waals surface area contributed by atoms with Gasteiger partial charge in [0, 0.05) is 30.6 Å². The molecule has 0 fully saturated rings. The molecule has 0 radical (unpaired) electrons. The molecule has 3 unspecified atom stereocenters. The highest BCUT2D eigenvalue weighted by Crippen LogP contribution is 2.36. The Morgan fingerprint density at radius 1 is 1.09 bits per heavy atom. The van der Waals surface area contributed by atoms with Crippen molar-refractivity contribution >= 4 is 36.0 Å². The lowest BCUT2D eigenvalue weighted by Crippen LogP contribution is -2.30. The number of allylic oxidation sites excluding steroid dienone is 4. The molecule has 43 heavy (non-hydrogen) atoms. The van der Waals surface area contributed by atoms with E-state index < -0.39 is 0 Å². The zero-order chi connectivity index (χ0) is 33.5. The summed E-state index contributed by atoms with van der Waals surface area (Å²) >= 11 is 8.53. The summed E-state index contributed by atoms with van der Waals surface area (Å²) in [4.78, 5) is 11.3. The molecule has 1 aromatic carbocycles. The van der Waals surface area contributed by atoms with Crippen molar-refractivity contribution in [1.29, 1.82) is 0 Å². The standard InChI is InChI=1S/C21H32.C10H17NOS.C4H8.C2H4S.C2H4/c1-5-7-8-11-18-14-17(4)21(19(6-2)15-18)20-12-9-10-16(3)13-20;1-4-8-6(2)9(5-13)11-10(8)7(3)12;1-4(2)3;1-2-3;1-2/h13-15,20H,5-12H2,1-4H3;6,9,11,13H,4-5H2,1-3H3;1H2,2-3H3;2H,1H3;1-2H2. The number of carbonyl (C=O) groups is 1. The Morgan fingerprint density at radius 3 is 2.09 bits per heavy atom. The first-order chi connectivity index (χ1) is 20.4. The second-order valence-electron chi connectivity index (χ2n) is 11.8. The highest BCUT2D eigenvalue weighted by Gasteiger charge is 2.30. The molecule has 0 aromatic heterocycles. The van der Waals surface area contributed by atoms with Gasteiger partial charge in [-0.25, -0.2) is 0 Å². The molecule has 0 spiro atoms. The summed E-state index contributed by atoms with van der Waals surface area (Å²) in [5.74, 6) is 2.04. The Morgan fingerprint density at radius 2 is 1.67 bits per heavy atom. The fraction of sp³-hybridized carbons (Fsp3) is 0.590. The summed E-state index contributed by atoms with van der Waals surface area (Å²) in [6.07, 6.45) is 13.9. The molecule has 1 aliphatic carbocycles. The van der Waals surface area contributed by atoms with E-state index in [1.54, 1.807) is 34.6 Å². The Bertz CT molecular complexity index is 1030. The largest absolute Gasteiger partial charge is 0.378 e. The molecular weight excluding hydrogens is 563 g/mol. The number of hydrogen-bond donors (Lipinski definition) is 2. The summed E-state index contributed by atoms with van der Waals surface area (Å²) in [7, 11) is 0. The fourth-order valence-corrected chi connectivity index (χ4v) is 6.15. The molecule has 2 nitrogen and oxygen atoms in total. The number of thiocarbonyl (C=S) groups is 1. The lowest BCUT2D eigenvalue weighted by Gasteiger charge is -2.25. The average Bonchev–Trinajstić information content (AvgIpc) is 3.30.